The zero-order valence-corrected chi connectivity index (χ0v) is 16.4. The van der Waals surface area contributed by atoms with Crippen LogP contribution in [0.3, 0.4) is 0 Å². The third kappa shape index (κ3) is 3.60. The molecular formula is C21H25N3OS. The molecule has 0 aliphatic carbocycles. The van der Waals surface area contributed by atoms with Gasteiger partial charge in [0, 0.05) is 20.1 Å². The summed E-state index contributed by atoms with van der Waals surface area (Å²) in [5.74, 6) is 0.980. The van der Waals surface area contributed by atoms with E-state index in [9.17, 15) is 0 Å². The minimum absolute atomic E-state index is 0.295. The molecule has 0 atom stereocenters. The molecule has 4 rings (SSSR count). The number of hydrogen-bond acceptors (Lipinski definition) is 4. The highest BCUT2D eigenvalue weighted by Gasteiger charge is 2.23. The molecule has 0 bridgehead atoms. The lowest BCUT2D eigenvalue weighted by molar-refractivity contribution is 0.139. The molecule has 1 aliphatic heterocycles. The molecule has 0 spiro atoms. The largest absolute Gasteiger partial charge is 0.490 e. The Morgan fingerprint density at radius 2 is 1.77 bits per heavy atom. The first-order valence-corrected chi connectivity index (χ1v) is 9.96. The van der Waals surface area contributed by atoms with Crippen molar-refractivity contribution in [3.05, 3.63) is 53.9 Å². The Hall–Kier alpha value is -1.98. The van der Waals surface area contributed by atoms with Crippen molar-refractivity contribution in [3.63, 3.8) is 0 Å². The van der Waals surface area contributed by atoms with E-state index in [0.29, 0.717) is 6.10 Å². The predicted octanol–water partition coefficient (Wildman–Crippen LogP) is 4.74. The van der Waals surface area contributed by atoms with Gasteiger partial charge in [-0.05, 0) is 61.5 Å². The maximum atomic E-state index is 6.26. The quantitative estimate of drug-likeness (QED) is 0.623. The fourth-order valence-electron chi connectivity index (χ4n) is 3.49. The molecule has 1 aliphatic rings. The van der Waals surface area contributed by atoms with Crippen molar-refractivity contribution in [2.24, 2.45) is 7.05 Å². The van der Waals surface area contributed by atoms with Crippen LogP contribution in [0.15, 0.2) is 47.4 Å². The minimum Gasteiger partial charge on any atom is -0.490 e. The summed E-state index contributed by atoms with van der Waals surface area (Å²) in [5, 5.41) is 7.01. The monoisotopic (exact) mass is 367 g/mol. The molecule has 0 N–H and O–H groups in total. The second kappa shape index (κ2) is 7.33. The lowest BCUT2D eigenvalue weighted by atomic mass is 10.1. The number of fused-ring (bicyclic) bond motifs is 1. The van der Waals surface area contributed by atoms with Crippen molar-refractivity contribution in [1.29, 1.82) is 0 Å². The number of aryl methyl sites for hydroxylation is 2. The van der Waals surface area contributed by atoms with Crippen molar-refractivity contribution in [3.8, 4) is 5.75 Å². The van der Waals surface area contributed by atoms with Gasteiger partial charge in [0.2, 0.25) is 0 Å². The highest BCUT2D eigenvalue weighted by molar-refractivity contribution is 7.97. The van der Waals surface area contributed by atoms with Gasteiger partial charge >= 0.3 is 0 Å². The molecule has 26 heavy (non-hydrogen) atoms. The van der Waals surface area contributed by atoms with Crippen molar-refractivity contribution in [1.82, 2.24) is 14.1 Å². The summed E-state index contributed by atoms with van der Waals surface area (Å²) in [5.41, 5.74) is 2.35. The van der Waals surface area contributed by atoms with E-state index in [0.717, 1.165) is 37.4 Å². The molecule has 0 saturated carbocycles. The van der Waals surface area contributed by atoms with Crippen LogP contribution < -0.4 is 4.74 Å². The van der Waals surface area contributed by atoms with E-state index in [1.807, 2.05) is 23.7 Å². The highest BCUT2D eigenvalue weighted by Crippen LogP contribution is 2.32. The third-order valence-corrected chi connectivity index (χ3v) is 6.48. The first-order valence-electron chi connectivity index (χ1n) is 9.19. The first kappa shape index (κ1) is 17.4. The highest BCUT2D eigenvalue weighted by atomic mass is 32.2. The molecular weight excluding hydrogens is 342 g/mol. The second-order valence-electron chi connectivity index (χ2n) is 6.97. The molecule has 2 aromatic carbocycles. The summed E-state index contributed by atoms with van der Waals surface area (Å²) in [7, 11) is 2.01. The maximum Gasteiger partial charge on any atom is 0.120 e. The summed E-state index contributed by atoms with van der Waals surface area (Å²) in [6, 6.07) is 14.8. The Bertz CT molecular complexity index is 913. The number of piperidine rings is 1. The average Bonchev–Trinajstić information content (AvgIpc) is 2.89. The Morgan fingerprint density at radius 1 is 1.04 bits per heavy atom. The standard InChI is InChI=1S/C21H25N3OS/c1-15-21(16(2)23(3)22-15)26-24-12-10-19(11-13-24)25-20-9-8-17-6-4-5-7-18(17)14-20/h4-9,14,19H,10-13H2,1-3H3. The van der Waals surface area contributed by atoms with Crippen molar-refractivity contribution in [2.45, 2.75) is 37.7 Å². The van der Waals surface area contributed by atoms with E-state index < -0.39 is 0 Å². The van der Waals surface area contributed by atoms with Gasteiger partial charge in [-0.25, -0.2) is 4.31 Å². The molecule has 5 heteroatoms. The van der Waals surface area contributed by atoms with Crippen LogP contribution in [0.2, 0.25) is 0 Å². The van der Waals surface area contributed by atoms with Gasteiger partial charge < -0.3 is 4.74 Å². The van der Waals surface area contributed by atoms with Crippen LogP contribution in [0.5, 0.6) is 5.75 Å². The molecule has 2 heterocycles. The van der Waals surface area contributed by atoms with Crippen LogP contribution in [-0.2, 0) is 7.05 Å². The fourth-order valence-corrected chi connectivity index (χ4v) is 4.58. The number of hydrogen-bond donors (Lipinski definition) is 0. The van der Waals surface area contributed by atoms with E-state index >= 15 is 0 Å². The van der Waals surface area contributed by atoms with E-state index in [2.05, 4.69) is 65.7 Å². The number of nitrogens with zero attached hydrogens (tertiary/aromatic N) is 3. The first-order chi connectivity index (χ1) is 12.6. The number of rotatable bonds is 4. The smallest absolute Gasteiger partial charge is 0.120 e. The molecule has 1 fully saturated rings. The lowest BCUT2D eigenvalue weighted by Gasteiger charge is -2.31. The SMILES string of the molecule is Cc1nn(C)c(C)c1SN1CCC(Oc2ccc3ccccc3c2)CC1. The summed E-state index contributed by atoms with van der Waals surface area (Å²) >= 11 is 1.84. The number of benzene rings is 2. The number of ether oxygens (including phenoxy) is 1. The van der Waals surface area contributed by atoms with E-state index in [1.54, 1.807) is 0 Å². The maximum absolute atomic E-state index is 6.26. The predicted molar refractivity (Wildman–Crippen MR) is 108 cm³/mol. The topological polar surface area (TPSA) is 30.3 Å². The van der Waals surface area contributed by atoms with Crippen LogP contribution in [-0.4, -0.2) is 33.3 Å². The van der Waals surface area contributed by atoms with Crippen LogP contribution in [0, 0.1) is 13.8 Å². The molecule has 1 saturated heterocycles. The van der Waals surface area contributed by atoms with Crippen molar-refractivity contribution in [2.75, 3.05) is 13.1 Å². The van der Waals surface area contributed by atoms with Crippen LogP contribution in [0.25, 0.3) is 10.8 Å². The van der Waals surface area contributed by atoms with Gasteiger partial charge in [-0.1, -0.05) is 30.3 Å². The van der Waals surface area contributed by atoms with Crippen LogP contribution >= 0.6 is 11.9 Å². The zero-order valence-electron chi connectivity index (χ0n) is 15.6. The summed E-state index contributed by atoms with van der Waals surface area (Å²) in [6.45, 7) is 6.30. The van der Waals surface area contributed by atoms with Gasteiger partial charge in [-0.2, -0.15) is 5.10 Å². The van der Waals surface area contributed by atoms with Gasteiger partial charge in [-0.3, -0.25) is 4.68 Å². The van der Waals surface area contributed by atoms with Crippen LogP contribution in [0.1, 0.15) is 24.2 Å². The fraction of sp³-hybridized carbons (Fsp3) is 0.381. The molecule has 136 valence electrons. The van der Waals surface area contributed by atoms with Crippen molar-refractivity contribution < 1.29 is 4.74 Å². The molecule has 0 unspecified atom stereocenters. The molecule has 0 amide bonds. The normalized spacial score (nSPS) is 16.3. The lowest BCUT2D eigenvalue weighted by Crippen LogP contribution is -2.34. The third-order valence-electron chi connectivity index (χ3n) is 5.09. The molecule has 3 aromatic rings. The Morgan fingerprint density at radius 3 is 2.46 bits per heavy atom. The van der Waals surface area contributed by atoms with Crippen molar-refractivity contribution >= 4 is 22.7 Å². The van der Waals surface area contributed by atoms with Gasteiger partial charge in [0.15, 0.2) is 0 Å². The Kier molecular flexibility index (Phi) is 4.92. The summed E-state index contributed by atoms with van der Waals surface area (Å²) < 4.78 is 10.7. The number of aromatic nitrogens is 2. The van der Waals surface area contributed by atoms with E-state index in [4.69, 9.17) is 4.74 Å². The molecule has 1 aromatic heterocycles. The molecule has 0 radical (unpaired) electrons. The summed E-state index contributed by atoms with van der Waals surface area (Å²) in [4.78, 5) is 1.29. The second-order valence-corrected chi connectivity index (χ2v) is 8.08. The van der Waals surface area contributed by atoms with Gasteiger partial charge in [0.25, 0.3) is 0 Å². The zero-order chi connectivity index (χ0) is 18.1. The molecule has 4 nitrogen and oxygen atoms in total. The minimum atomic E-state index is 0.295. The van der Waals surface area contributed by atoms with Gasteiger partial charge in [0.1, 0.15) is 11.9 Å². The van der Waals surface area contributed by atoms with Gasteiger partial charge in [0.05, 0.1) is 16.3 Å². The Balaban J connectivity index is 1.35. The van der Waals surface area contributed by atoms with E-state index in [1.165, 1.54) is 21.4 Å². The van der Waals surface area contributed by atoms with Gasteiger partial charge in [-0.15, -0.1) is 0 Å². The summed E-state index contributed by atoms with van der Waals surface area (Å²) in [6.07, 6.45) is 2.40. The Labute approximate surface area is 159 Å². The van der Waals surface area contributed by atoms with E-state index in [-0.39, 0.29) is 0 Å². The average molecular weight is 368 g/mol. The van der Waals surface area contributed by atoms with Crippen LogP contribution in [0.4, 0.5) is 0 Å².